The number of fused-ring (bicyclic) bond motifs is 1. The van der Waals surface area contributed by atoms with Crippen molar-refractivity contribution in [2.45, 2.75) is 0 Å². The second-order valence-corrected chi connectivity index (χ2v) is 5.82. The Morgan fingerprint density at radius 2 is 1.82 bits per heavy atom. The Kier molecular flexibility index (Phi) is 3.48. The highest BCUT2D eigenvalue weighted by atomic mass is 35.5. The molecular weight excluding hydrogens is 298 g/mol. The minimum atomic E-state index is 0.634. The van der Waals surface area contributed by atoms with Crippen molar-refractivity contribution in [3.05, 3.63) is 47.5 Å². The number of anilines is 1. The number of nitrogens with one attached hydrogen (secondary N) is 1. The van der Waals surface area contributed by atoms with Crippen LogP contribution in [0, 0.1) is 0 Å². The third-order valence-corrected chi connectivity index (χ3v) is 4.20. The van der Waals surface area contributed by atoms with E-state index in [0.717, 1.165) is 48.5 Å². The van der Waals surface area contributed by atoms with Crippen LogP contribution in [-0.4, -0.2) is 31.2 Å². The Labute approximate surface area is 133 Å². The summed E-state index contributed by atoms with van der Waals surface area (Å²) in [6, 6.07) is 13.7. The number of oxazole rings is 1. The number of rotatable bonds is 2. The zero-order chi connectivity index (χ0) is 14.9. The van der Waals surface area contributed by atoms with E-state index in [-0.39, 0.29) is 0 Å². The molecule has 1 N–H and O–H groups in total. The molecule has 1 aliphatic heterocycles. The zero-order valence-corrected chi connectivity index (χ0v) is 12.8. The summed E-state index contributed by atoms with van der Waals surface area (Å²) in [5.41, 5.74) is 3.82. The Morgan fingerprint density at radius 3 is 2.59 bits per heavy atom. The van der Waals surface area contributed by atoms with Gasteiger partial charge >= 0.3 is 0 Å². The van der Waals surface area contributed by atoms with Gasteiger partial charge < -0.3 is 14.6 Å². The van der Waals surface area contributed by atoms with E-state index in [0.29, 0.717) is 10.9 Å². The first-order valence-electron chi connectivity index (χ1n) is 7.42. The van der Waals surface area contributed by atoms with Crippen molar-refractivity contribution in [3.63, 3.8) is 0 Å². The van der Waals surface area contributed by atoms with Gasteiger partial charge in [0.1, 0.15) is 5.52 Å². The summed E-state index contributed by atoms with van der Waals surface area (Å²) in [4.78, 5) is 7.07. The number of halogens is 1. The maximum absolute atomic E-state index is 5.94. The molecule has 0 saturated carbocycles. The van der Waals surface area contributed by atoms with Crippen molar-refractivity contribution in [2.75, 3.05) is 31.1 Å². The molecule has 0 aliphatic carbocycles. The van der Waals surface area contributed by atoms with Gasteiger partial charge in [0.05, 0.1) is 5.69 Å². The molecule has 5 heteroatoms. The van der Waals surface area contributed by atoms with Crippen molar-refractivity contribution in [3.8, 4) is 11.5 Å². The Morgan fingerprint density at radius 1 is 1.05 bits per heavy atom. The lowest BCUT2D eigenvalue weighted by molar-refractivity contribution is 0.590. The highest BCUT2D eigenvalue weighted by Crippen LogP contribution is 2.31. The van der Waals surface area contributed by atoms with E-state index in [2.05, 4.69) is 16.3 Å². The summed E-state index contributed by atoms with van der Waals surface area (Å²) in [5, 5.41) is 4.08. The Hall–Kier alpha value is -2.04. The van der Waals surface area contributed by atoms with Gasteiger partial charge in [-0.2, -0.15) is 0 Å². The van der Waals surface area contributed by atoms with Crippen LogP contribution in [0.4, 0.5) is 5.69 Å². The van der Waals surface area contributed by atoms with Gasteiger partial charge in [-0.15, -0.1) is 0 Å². The molecular formula is C17H16ClN3O. The van der Waals surface area contributed by atoms with Crippen LogP contribution in [0.2, 0.25) is 5.02 Å². The van der Waals surface area contributed by atoms with E-state index in [4.69, 9.17) is 21.0 Å². The molecule has 1 saturated heterocycles. The fourth-order valence-corrected chi connectivity index (χ4v) is 2.94. The van der Waals surface area contributed by atoms with E-state index < -0.39 is 0 Å². The fraction of sp³-hybridized carbons (Fsp3) is 0.235. The van der Waals surface area contributed by atoms with Gasteiger partial charge in [0.25, 0.3) is 0 Å². The summed E-state index contributed by atoms with van der Waals surface area (Å²) >= 11 is 5.94. The molecule has 0 radical (unpaired) electrons. The van der Waals surface area contributed by atoms with Gasteiger partial charge in [-0.1, -0.05) is 17.7 Å². The highest BCUT2D eigenvalue weighted by molar-refractivity contribution is 6.30. The van der Waals surface area contributed by atoms with Crippen LogP contribution in [-0.2, 0) is 0 Å². The van der Waals surface area contributed by atoms with E-state index in [1.165, 1.54) is 0 Å². The Bertz CT molecular complexity index is 791. The molecule has 112 valence electrons. The molecule has 2 aromatic carbocycles. The first kappa shape index (κ1) is 13.6. The standard InChI is InChI=1S/C17H16ClN3O/c18-13-6-4-12(5-7-13)17-20-16-14(2-1-3-15(16)22-17)21-10-8-19-9-11-21/h1-7,19H,8-11H2. The Balaban J connectivity index is 1.78. The van der Waals surface area contributed by atoms with Gasteiger partial charge in [-0.3, -0.25) is 0 Å². The summed E-state index contributed by atoms with van der Waals surface area (Å²) < 4.78 is 5.93. The second-order valence-electron chi connectivity index (χ2n) is 5.39. The lowest BCUT2D eigenvalue weighted by Crippen LogP contribution is -2.43. The lowest BCUT2D eigenvalue weighted by atomic mass is 10.2. The SMILES string of the molecule is Clc1ccc(-c2nc3c(N4CCNCC4)cccc3o2)cc1. The normalized spacial score (nSPS) is 15.4. The average Bonchev–Trinajstić information content (AvgIpc) is 3.00. The average molecular weight is 314 g/mol. The van der Waals surface area contributed by atoms with Crippen molar-refractivity contribution >= 4 is 28.4 Å². The predicted molar refractivity (Wildman–Crippen MR) is 89.5 cm³/mol. The maximum atomic E-state index is 5.94. The molecule has 2 heterocycles. The topological polar surface area (TPSA) is 41.3 Å². The van der Waals surface area contributed by atoms with Gasteiger partial charge in [0.2, 0.25) is 5.89 Å². The molecule has 22 heavy (non-hydrogen) atoms. The van der Waals surface area contributed by atoms with Crippen molar-refractivity contribution in [2.24, 2.45) is 0 Å². The fourth-order valence-electron chi connectivity index (χ4n) is 2.81. The molecule has 0 spiro atoms. The van der Waals surface area contributed by atoms with E-state index >= 15 is 0 Å². The molecule has 0 amide bonds. The van der Waals surface area contributed by atoms with E-state index in [1.54, 1.807) is 0 Å². The molecule has 1 aliphatic rings. The third kappa shape index (κ3) is 2.45. The third-order valence-electron chi connectivity index (χ3n) is 3.95. The number of piperazine rings is 1. The smallest absolute Gasteiger partial charge is 0.227 e. The van der Waals surface area contributed by atoms with Gasteiger partial charge in [-0.05, 0) is 36.4 Å². The number of aromatic nitrogens is 1. The number of benzene rings is 2. The molecule has 0 unspecified atom stereocenters. The quantitative estimate of drug-likeness (QED) is 0.785. The molecule has 3 aromatic rings. The predicted octanol–water partition coefficient (Wildman–Crippen LogP) is 3.56. The summed E-state index contributed by atoms with van der Waals surface area (Å²) in [6.45, 7) is 3.97. The molecule has 4 nitrogen and oxygen atoms in total. The van der Waals surface area contributed by atoms with Crippen molar-refractivity contribution in [1.82, 2.24) is 10.3 Å². The summed E-state index contributed by atoms with van der Waals surface area (Å²) in [6.07, 6.45) is 0. The number of hydrogen-bond acceptors (Lipinski definition) is 4. The largest absolute Gasteiger partial charge is 0.436 e. The van der Waals surface area contributed by atoms with Crippen molar-refractivity contribution < 1.29 is 4.42 Å². The summed E-state index contributed by atoms with van der Waals surface area (Å²) in [7, 11) is 0. The molecule has 1 fully saturated rings. The van der Waals surface area contributed by atoms with Crippen LogP contribution < -0.4 is 10.2 Å². The van der Waals surface area contributed by atoms with Crippen LogP contribution in [0.1, 0.15) is 0 Å². The van der Waals surface area contributed by atoms with Gasteiger partial charge in [0.15, 0.2) is 5.58 Å². The lowest BCUT2D eigenvalue weighted by Gasteiger charge is -2.29. The first-order chi connectivity index (χ1) is 10.8. The number of nitrogens with zero attached hydrogens (tertiary/aromatic N) is 2. The van der Waals surface area contributed by atoms with Crippen LogP contribution in [0.25, 0.3) is 22.6 Å². The van der Waals surface area contributed by atoms with Crippen molar-refractivity contribution in [1.29, 1.82) is 0 Å². The second kappa shape index (κ2) is 5.63. The first-order valence-corrected chi connectivity index (χ1v) is 7.80. The monoisotopic (exact) mass is 313 g/mol. The summed E-state index contributed by atoms with van der Waals surface area (Å²) in [5.74, 6) is 0.634. The van der Waals surface area contributed by atoms with Crippen LogP contribution in [0.15, 0.2) is 46.9 Å². The van der Waals surface area contributed by atoms with Gasteiger partial charge in [-0.25, -0.2) is 4.98 Å². The molecule has 4 rings (SSSR count). The number of hydrogen-bond donors (Lipinski definition) is 1. The van der Waals surface area contributed by atoms with E-state index in [1.807, 2.05) is 36.4 Å². The zero-order valence-electron chi connectivity index (χ0n) is 12.1. The van der Waals surface area contributed by atoms with Crippen LogP contribution >= 0.6 is 11.6 Å². The molecule has 1 aromatic heterocycles. The maximum Gasteiger partial charge on any atom is 0.227 e. The van der Waals surface area contributed by atoms with Crippen LogP contribution in [0.5, 0.6) is 0 Å². The highest BCUT2D eigenvalue weighted by Gasteiger charge is 2.17. The number of para-hydroxylation sites is 1. The molecule has 0 bridgehead atoms. The minimum Gasteiger partial charge on any atom is -0.436 e. The van der Waals surface area contributed by atoms with Crippen LogP contribution in [0.3, 0.4) is 0 Å². The minimum absolute atomic E-state index is 0.634. The molecule has 0 atom stereocenters. The van der Waals surface area contributed by atoms with Gasteiger partial charge in [0, 0.05) is 36.8 Å². The van der Waals surface area contributed by atoms with E-state index in [9.17, 15) is 0 Å².